The summed E-state index contributed by atoms with van der Waals surface area (Å²) >= 11 is 0. The zero-order valence-corrected chi connectivity index (χ0v) is 9.88. The van der Waals surface area contributed by atoms with Crippen molar-refractivity contribution in [3.63, 3.8) is 0 Å². The second-order valence-corrected chi connectivity index (χ2v) is 5.14. The molecular formula is C11H25NO2. The van der Waals surface area contributed by atoms with Gasteiger partial charge < -0.3 is 15.5 Å². The fourth-order valence-electron chi connectivity index (χ4n) is 1.34. The number of hydrogen-bond donors (Lipinski definition) is 3. The van der Waals surface area contributed by atoms with Gasteiger partial charge in [-0.15, -0.1) is 0 Å². The Kier molecular flexibility index (Phi) is 6.33. The SMILES string of the molecule is CCC(O)CNCC(O)CC(C)(C)C. The second kappa shape index (κ2) is 6.38. The Labute approximate surface area is 87.5 Å². The molecule has 0 radical (unpaired) electrons. The fourth-order valence-corrected chi connectivity index (χ4v) is 1.34. The predicted octanol–water partition coefficient (Wildman–Crippen LogP) is 1.14. The van der Waals surface area contributed by atoms with Gasteiger partial charge in [-0.3, -0.25) is 0 Å². The molecule has 3 heteroatoms. The largest absolute Gasteiger partial charge is 0.392 e. The van der Waals surface area contributed by atoms with Crippen LogP contribution in [-0.2, 0) is 0 Å². The van der Waals surface area contributed by atoms with Crippen LogP contribution in [0.2, 0.25) is 0 Å². The number of aliphatic hydroxyl groups is 2. The first-order valence-electron chi connectivity index (χ1n) is 5.42. The van der Waals surface area contributed by atoms with Gasteiger partial charge in [0.25, 0.3) is 0 Å². The monoisotopic (exact) mass is 203 g/mol. The fraction of sp³-hybridized carbons (Fsp3) is 1.00. The zero-order valence-electron chi connectivity index (χ0n) is 9.88. The zero-order chi connectivity index (χ0) is 11.2. The molecule has 2 unspecified atom stereocenters. The van der Waals surface area contributed by atoms with E-state index in [9.17, 15) is 10.2 Å². The average molecular weight is 203 g/mol. The highest BCUT2D eigenvalue weighted by Gasteiger charge is 2.16. The second-order valence-electron chi connectivity index (χ2n) is 5.14. The molecule has 86 valence electrons. The lowest BCUT2D eigenvalue weighted by Gasteiger charge is -2.22. The van der Waals surface area contributed by atoms with Crippen LogP contribution in [0.5, 0.6) is 0 Å². The Morgan fingerprint density at radius 1 is 1.07 bits per heavy atom. The highest BCUT2D eigenvalue weighted by atomic mass is 16.3. The molecule has 0 aromatic carbocycles. The molecule has 3 N–H and O–H groups in total. The van der Waals surface area contributed by atoms with Gasteiger partial charge in [0.1, 0.15) is 0 Å². The van der Waals surface area contributed by atoms with E-state index >= 15 is 0 Å². The van der Waals surface area contributed by atoms with Gasteiger partial charge in [-0.05, 0) is 18.3 Å². The van der Waals surface area contributed by atoms with Crippen LogP contribution < -0.4 is 5.32 Å². The summed E-state index contributed by atoms with van der Waals surface area (Å²) in [4.78, 5) is 0. The summed E-state index contributed by atoms with van der Waals surface area (Å²) in [5.74, 6) is 0. The number of hydrogen-bond acceptors (Lipinski definition) is 3. The van der Waals surface area contributed by atoms with Crippen LogP contribution in [0.3, 0.4) is 0 Å². The van der Waals surface area contributed by atoms with Crippen LogP contribution in [0.1, 0.15) is 40.5 Å². The van der Waals surface area contributed by atoms with E-state index in [1.165, 1.54) is 0 Å². The van der Waals surface area contributed by atoms with Crippen molar-refractivity contribution in [3.05, 3.63) is 0 Å². The van der Waals surface area contributed by atoms with E-state index in [2.05, 4.69) is 26.1 Å². The third-order valence-corrected chi connectivity index (χ3v) is 2.08. The third-order valence-electron chi connectivity index (χ3n) is 2.08. The lowest BCUT2D eigenvalue weighted by atomic mass is 9.89. The number of aliphatic hydroxyl groups excluding tert-OH is 2. The average Bonchev–Trinajstić information content (AvgIpc) is 2.00. The summed E-state index contributed by atoms with van der Waals surface area (Å²) in [6.45, 7) is 9.40. The molecular weight excluding hydrogens is 178 g/mol. The van der Waals surface area contributed by atoms with Crippen LogP contribution in [0.4, 0.5) is 0 Å². The summed E-state index contributed by atoms with van der Waals surface area (Å²) in [5, 5.41) is 21.9. The standard InChI is InChI=1S/C11H25NO2/c1-5-9(13)7-12-8-10(14)6-11(2,3)4/h9-10,12-14H,5-8H2,1-4H3. The summed E-state index contributed by atoms with van der Waals surface area (Å²) in [7, 11) is 0. The summed E-state index contributed by atoms with van der Waals surface area (Å²) in [6, 6.07) is 0. The molecule has 0 aromatic rings. The summed E-state index contributed by atoms with van der Waals surface area (Å²) in [5.41, 5.74) is 0.157. The minimum atomic E-state index is -0.320. The van der Waals surface area contributed by atoms with Crippen molar-refractivity contribution < 1.29 is 10.2 Å². The highest BCUT2D eigenvalue weighted by Crippen LogP contribution is 2.20. The molecule has 0 fully saturated rings. The summed E-state index contributed by atoms with van der Waals surface area (Å²) < 4.78 is 0. The molecule has 0 aromatic heterocycles. The maximum atomic E-state index is 9.63. The van der Waals surface area contributed by atoms with E-state index in [1.807, 2.05) is 6.92 Å². The molecule has 0 spiro atoms. The van der Waals surface area contributed by atoms with E-state index in [-0.39, 0.29) is 17.6 Å². The number of rotatable bonds is 6. The van der Waals surface area contributed by atoms with Gasteiger partial charge in [-0.25, -0.2) is 0 Å². The highest BCUT2D eigenvalue weighted by molar-refractivity contribution is 4.70. The molecule has 3 nitrogen and oxygen atoms in total. The molecule has 0 aliphatic carbocycles. The van der Waals surface area contributed by atoms with Crippen molar-refractivity contribution in [2.24, 2.45) is 5.41 Å². The van der Waals surface area contributed by atoms with E-state index in [1.54, 1.807) is 0 Å². The first-order valence-corrected chi connectivity index (χ1v) is 5.42. The van der Waals surface area contributed by atoms with Crippen molar-refractivity contribution in [1.82, 2.24) is 5.32 Å². The van der Waals surface area contributed by atoms with Gasteiger partial charge in [0.05, 0.1) is 12.2 Å². The van der Waals surface area contributed by atoms with Crippen molar-refractivity contribution in [2.45, 2.75) is 52.7 Å². The van der Waals surface area contributed by atoms with Crippen LogP contribution >= 0.6 is 0 Å². The summed E-state index contributed by atoms with van der Waals surface area (Å²) in [6.07, 6.45) is 0.917. The van der Waals surface area contributed by atoms with Crippen LogP contribution in [0.25, 0.3) is 0 Å². The molecule has 0 heterocycles. The van der Waals surface area contributed by atoms with Gasteiger partial charge >= 0.3 is 0 Å². The van der Waals surface area contributed by atoms with Crippen molar-refractivity contribution in [2.75, 3.05) is 13.1 Å². The Morgan fingerprint density at radius 2 is 1.57 bits per heavy atom. The predicted molar refractivity (Wildman–Crippen MR) is 59.2 cm³/mol. The minimum Gasteiger partial charge on any atom is -0.392 e. The van der Waals surface area contributed by atoms with Crippen LogP contribution in [0.15, 0.2) is 0 Å². The van der Waals surface area contributed by atoms with Crippen molar-refractivity contribution >= 4 is 0 Å². The first-order chi connectivity index (χ1) is 6.35. The molecule has 0 saturated heterocycles. The number of nitrogens with one attached hydrogen (secondary N) is 1. The molecule has 0 saturated carbocycles. The molecule has 0 amide bonds. The van der Waals surface area contributed by atoms with Gasteiger partial charge in [0.2, 0.25) is 0 Å². The topological polar surface area (TPSA) is 52.5 Å². The molecule has 0 bridgehead atoms. The van der Waals surface area contributed by atoms with Crippen molar-refractivity contribution in [3.8, 4) is 0 Å². The Bertz CT molecular complexity index is 143. The van der Waals surface area contributed by atoms with Gasteiger partial charge in [-0.1, -0.05) is 27.7 Å². The maximum Gasteiger partial charge on any atom is 0.0669 e. The normalized spacial score (nSPS) is 16.7. The smallest absolute Gasteiger partial charge is 0.0669 e. The van der Waals surface area contributed by atoms with Crippen LogP contribution in [0, 0.1) is 5.41 Å². The molecule has 14 heavy (non-hydrogen) atoms. The van der Waals surface area contributed by atoms with Gasteiger partial charge in [-0.2, -0.15) is 0 Å². The Balaban J connectivity index is 3.50. The Hall–Kier alpha value is -0.120. The quantitative estimate of drug-likeness (QED) is 0.607. The minimum absolute atomic E-state index is 0.157. The van der Waals surface area contributed by atoms with E-state index in [0.717, 1.165) is 12.8 Å². The van der Waals surface area contributed by atoms with Gasteiger partial charge in [0, 0.05) is 13.1 Å². The maximum absolute atomic E-state index is 9.63. The molecule has 2 atom stereocenters. The lowest BCUT2D eigenvalue weighted by molar-refractivity contribution is 0.110. The Morgan fingerprint density at radius 3 is 2.00 bits per heavy atom. The van der Waals surface area contributed by atoms with Crippen molar-refractivity contribution in [1.29, 1.82) is 0 Å². The van der Waals surface area contributed by atoms with E-state index < -0.39 is 0 Å². The first kappa shape index (κ1) is 13.9. The van der Waals surface area contributed by atoms with Gasteiger partial charge in [0.15, 0.2) is 0 Å². The lowest BCUT2D eigenvalue weighted by Crippen LogP contribution is -2.34. The molecule has 0 aliphatic heterocycles. The van der Waals surface area contributed by atoms with E-state index in [0.29, 0.717) is 13.1 Å². The van der Waals surface area contributed by atoms with E-state index in [4.69, 9.17) is 0 Å². The third kappa shape index (κ3) is 8.48. The van der Waals surface area contributed by atoms with Crippen LogP contribution in [-0.4, -0.2) is 35.5 Å². The molecule has 0 rings (SSSR count). The molecule has 0 aliphatic rings.